The van der Waals surface area contributed by atoms with E-state index in [-0.39, 0.29) is 0 Å². The standard InChI is InChI=1S/C16H20N4S/c1-19-7-9-20(10-8-19)15-11-17-12-16(18-15)21-13-14-5-3-2-4-6-14/h2-6,11-12H,7-10,13H2,1H3. The van der Waals surface area contributed by atoms with Gasteiger partial charge in [0.15, 0.2) is 0 Å². The number of thioether (sulfide) groups is 1. The minimum atomic E-state index is 0.932. The first-order valence-electron chi connectivity index (χ1n) is 7.23. The molecule has 0 atom stereocenters. The van der Waals surface area contributed by atoms with Gasteiger partial charge in [0.2, 0.25) is 0 Å². The van der Waals surface area contributed by atoms with Gasteiger partial charge in [-0.1, -0.05) is 30.3 Å². The summed E-state index contributed by atoms with van der Waals surface area (Å²) >= 11 is 1.74. The first-order valence-corrected chi connectivity index (χ1v) is 8.22. The van der Waals surface area contributed by atoms with Crippen molar-refractivity contribution in [3.8, 4) is 0 Å². The maximum atomic E-state index is 4.74. The van der Waals surface area contributed by atoms with Crippen molar-refractivity contribution < 1.29 is 0 Å². The fourth-order valence-electron chi connectivity index (χ4n) is 2.33. The van der Waals surface area contributed by atoms with Gasteiger partial charge in [-0.2, -0.15) is 0 Å². The second-order valence-corrected chi connectivity index (χ2v) is 6.28. The number of rotatable bonds is 4. The van der Waals surface area contributed by atoms with Gasteiger partial charge in [0, 0.05) is 31.9 Å². The van der Waals surface area contributed by atoms with Crippen LogP contribution in [0.3, 0.4) is 0 Å². The van der Waals surface area contributed by atoms with E-state index >= 15 is 0 Å². The van der Waals surface area contributed by atoms with E-state index in [1.165, 1.54) is 5.56 Å². The Morgan fingerprint density at radius 3 is 2.57 bits per heavy atom. The van der Waals surface area contributed by atoms with E-state index in [1.54, 1.807) is 11.8 Å². The zero-order valence-corrected chi connectivity index (χ0v) is 13.1. The van der Waals surface area contributed by atoms with Crippen molar-refractivity contribution >= 4 is 17.6 Å². The number of anilines is 1. The predicted octanol–water partition coefficient (Wildman–Crippen LogP) is 2.52. The molecule has 110 valence electrons. The molecule has 0 saturated carbocycles. The lowest BCUT2D eigenvalue weighted by atomic mass is 10.2. The average molecular weight is 300 g/mol. The molecular weight excluding hydrogens is 280 g/mol. The molecule has 0 amide bonds. The Morgan fingerprint density at radius 2 is 1.81 bits per heavy atom. The quantitative estimate of drug-likeness (QED) is 0.810. The van der Waals surface area contributed by atoms with Gasteiger partial charge in [-0.3, -0.25) is 4.98 Å². The van der Waals surface area contributed by atoms with Gasteiger partial charge >= 0.3 is 0 Å². The van der Waals surface area contributed by atoms with Gasteiger partial charge in [-0.05, 0) is 12.6 Å². The molecule has 1 aromatic heterocycles. The summed E-state index contributed by atoms with van der Waals surface area (Å²) in [5.41, 5.74) is 1.31. The molecule has 0 bridgehead atoms. The van der Waals surface area contributed by atoms with E-state index in [4.69, 9.17) is 4.98 Å². The van der Waals surface area contributed by atoms with E-state index in [2.05, 4.69) is 46.1 Å². The van der Waals surface area contributed by atoms with Crippen molar-refractivity contribution in [1.82, 2.24) is 14.9 Å². The fraction of sp³-hybridized carbons (Fsp3) is 0.375. The summed E-state index contributed by atoms with van der Waals surface area (Å²) in [7, 11) is 2.16. The Labute approximate surface area is 130 Å². The van der Waals surface area contributed by atoms with Crippen molar-refractivity contribution in [2.75, 3.05) is 38.1 Å². The van der Waals surface area contributed by atoms with E-state index in [1.807, 2.05) is 18.5 Å². The van der Waals surface area contributed by atoms with Gasteiger partial charge < -0.3 is 9.80 Å². The highest BCUT2D eigenvalue weighted by Crippen LogP contribution is 2.22. The van der Waals surface area contributed by atoms with Crippen molar-refractivity contribution in [2.45, 2.75) is 10.8 Å². The second kappa shape index (κ2) is 6.91. The molecule has 0 spiro atoms. The van der Waals surface area contributed by atoms with Crippen LogP contribution in [-0.4, -0.2) is 48.1 Å². The highest BCUT2D eigenvalue weighted by Gasteiger charge is 2.15. The van der Waals surface area contributed by atoms with Crippen LogP contribution in [0, 0.1) is 0 Å². The molecule has 1 aromatic carbocycles. The van der Waals surface area contributed by atoms with Gasteiger partial charge in [0.25, 0.3) is 0 Å². The van der Waals surface area contributed by atoms with E-state index in [0.717, 1.165) is 42.8 Å². The van der Waals surface area contributed by atoms with Crippen LogP contribution in [0.1, 0.15) is 5.56 Å². The number of piperazine rings is 1. The van der Waals surface area contributed by atoms with Crippen LogP contribution in [0.2, 0.25) is 0 Å². The zero-order chi connectivity index (χ0) is 14.5. The summed E-state index contributed by atoms with van der Waals surface area (Å²) in [6, 6.07) is 10.5. The first kappa shape index (κ1) is 14.4. The Balaban J connectivity index is 1.63. The molecule has 1 aliphatic heterocycles. The smallest absolute Gasteiger partial charge is 0.148 e. The summed E-state index contributed by atoms with van der Waals surface area (Å²) in [4.78, 5) is 13.8. The zero-order valence-electron chi connectivity index (χ0n) is 12.3. The molecule has 0 N–H and O–H groups in total. The highest BCUT2D eigenvalue weighted by atomic mass is 32.2. The average Bonchev–Trinajstić information content (AvgIpc) is 2.55. The van der Waals surface area contributed by atoms with Crippen molar-refractivity contribution in [2.24, 2.45) is 0 Å². The van der Waals surface area contributed by atoms with Gasteiger partial charge in [0.05, 0.1) is 12.4 Å². The summed E-state index contributed by atoms with van der Waals surface area (Å²) in [6.07, 6.45) is 3.73. The Hall–Kier alpha value is -1.59. The van der Waals surface area contributed by atoms with E-state index < -0.39 is 0 Å². The van der Waals surface area contributed by atoms with Gasteiger partial charge in [-0.15, -0.1) is 11.8 Å². The number of hydrogen-bond acceptors (Lipinski definition) is 5. The number of likely N-dealkylation sites (N-methyl/N-ethyl adjacent to an activating group) is 1. The molecule has 21 heavy (non-hydrogen) atoms. The first-order chi connectivity index (χ1) is 10.3. The molecule has 2 aromatic rings. The molecule has 0 unspecified atom stereocenters. The SMILES string of the molecule is CN1CCN(c2cncc(SCc3ccccc3)n2)CC1. The minimum Gasteiger partial charge on any atom is -0.353 e. The molecule has 2 heterocycles. The van der Waals surface area contributed by atoms with Gasteiger partial charge in [-0.25, -0.2) is 4.98 Å². The predicted molar refractivity (Wildman–Crippen MR) is 87.7 cm³/mol. The topological polar surface area (TPSA) is 32.3 Å². The number of nitrogens with zero attached hydrogens (tertiary/aromatic N) is 4. The maximum Gasteiger partial charge on any atom is 0.148 e. The van der Waals surface area contributed by atoms with Crippen LogP contribution in [-0.2, 0) is 5.75 Å². The third kappa shape index (κ3) is 3.95. The summed E-state index contributed by atoms with van der Waals surface area (Å²) in [6.45, 7) is 4.22. The number of aromatic nitrogens is 2. The summed E-state index contributed by atoms with van der Waals surface area (Å²) in [5.74, 6) is 1.93. The second-order valence-electron chi connectivity index (χ2n) is 5.28. The van der Waals surface area contributed by atoms with Crippen LogP contribution < -0.4 is 4.90 Å². The highest BCUT2D eigenvalue weighted by molar-refractivity contribution is 7.98. The van der Waals surface area contributed by atoms with Crippen LogP contribution >= 0.6 is 11.8 Å². The molecule has 1 aliphatic rings. The lowest BCUT2D eigenvalue weighted by molar-refractivity contribution is 0.312. The normalized spacial score (nSPS) is 16.1. The molecule has 1 saturated heterocycles. The Morgan fingerprint density at radius 1 is 1.05 bits per heavy atom. The molecule has 3 rings (SSSR count). The van der Waals surface area contributed by atoms with Crippen LogP contribution in [0.15, 0.2) is 47.8 Å². The third-order valence-electron chi connectivity index (χ3n) is 3.66. The van der Waals surface area contributed by atoms with Gasteiger partial charge in [0.1, 0.15) is 10.8 Å². The fourth-order valence-corrected chi connectivity index (χ4v) is 3.13. The molecule has 4 nitrogen and oxygen atoms in total. The third-order valence-corrected chi connectivity index (χ3v) is 4.63. The molecule has 0 aliphatic carbocycles. The largest absolute Gasteiger partial charge is 0.353 e. The van der Waals surface area contributed by atoms with Crippen molar-refractivity contribution in [3.63, 3.8) is 0 Å². The van der Waals surface area contributed by atoms with E-state index in [0.29, 0.717) is 0 Å². The molecule has 0 radical (unpaired) electrons. The Kier molecular flexibility index (Phi) is 4.72. The van der Waals surface area contributed by atoms with Crippen molar-refractivity contribution in [1.29, 1.82) is 0 Å². The molecule has 5 heteroatoms. The van der Waals surface area contributed by atoms with E-state index in [9.17, 15) is 0 Å². The van der Waals surface area contributed by atoms with Crippen LogP contribution in [0.5, 0.6) is 0 Å². The summed E-state index contributed by atoms with van der Waals surface area (Å²) in [5, 5.41) is 0.996. The van der Waals surface area contributed by atoms with Crippen molar-refractivity contribution in [3.05, 3.63) is 48.3 Å². The molecule has 1 fully saturated rings. The Bertz CT molecular complexity index is 567. The number of hydrogen-bond donors (Lipinski definition) is 0. The maximum absolute atomic E-state index is 4.74. The molecular formula is C16H20N4S. The minimum absolute atomic E-state index is 0.932. The lowest BCUT2D eigenvalue weighted by Gasteiger charge is -2.33. The monoisotopic (exact) mass is 300 g/mol. The van der Waals surface area contributed by atoms with Crippen LogP contribution in [0.25, 0.3) is 0 Å². The summed E-state index contributed by atoms with van der Waals surface area (Å²) < 4.78 is 0. The number of benzene rings is 1. The lowest BCUT2D eigenvalue weighted by Crippen LogP contribution is -2.44. The van der Waals surface area contributed by atoms with Crippen LogP contribution in [0.4, 0.5) is 5.82 Å².